The van der Waals surface area contributed by atoms with Gasteiger partial charge < -0.3 is 29.9 Å². The summed E-state index contributed by atoms with van der Waals surface area (Å²) in [4.78, 5) is 0. The van der Waals surface area contributed by atoms with Gasteiger partial charge in [0, 0.05) is 0 Å². The normalized spacial score (nSPS) is 47.4. The second-order valence-corrected chi connectivity index (χ2v) is 16.3. The number of allylic oxidation sites excluding steroid dienone is 3. The van der Waals surface area contributed by atoms with Gasteiger partial charge in [-0.05, 0) is 110 Å². The molecule has 3 saturated carbocycles. The number of aliphatic hydroxyl groups is 4. The first-order valence-corrected chi connectivity index (χ1v) is 17.1. The zero-order valence-corrected chi connectivity index (χ0v) is 27.3. The molecule has 240 valence electrons. The van der Waals surface area contributed by atoms with Gasteiger partial charge in [0.25, 0.3) is 0 Å². The molecule has 6 nitrogen and oxygen atoms in total. The molecule has 14 atom stereocenters. The average Bonchev–Trinajstić information content (AvgIpc) is 3.30. The fourth-order valence-electron chi connectivity index (χ4n) is 10.5. The average molecular weight is 589 g/mol. The summed E-state index contributed by atoms with van der Waals surface area (Å²) in [6.45, 7) is 16.6. The smallest absolute Gasteiger partial charge is 0.186 e. The van der Waals surface area contributed by atoms with Crippen molar-refractivity contribution in [1.82, 2.24) is 0 Å². The predicted molar refractivity (Wildman–Crippen MR) is 165 cm³/mol. The lowest BCUT2D eigenvalue weighted by molar-refractivity contribution is -0.313. The monoisotopic (exact) mass is 588 g/mol. The van der Waals surface area contributed by atoms with Gasteiger partial charge in [-0.15, -0.1) is 0 Å². The summed E-state index contributed by atoms with van der Waals surface area (Å²) >= 11 is 0. The van der Waals surface area contributed by atoms with Gasteiger partial charge in [-0.25, -0.2) is 0 Å². The van der Waals surface area contributed by atoms with Gasteiger partial charge in [-0.1, -0.05) is 72.3 Å². The van der Waals surface area contributed by atoms with Gasteiger partial charge in [0.05, 0.1) is 12.7 Å². The Morgan fingerprint density at radius 3 is 2.40 bits per heavy atom. The van der Waals surface area contributed by atoms with E-state index in [1.54, 1.807) is 0 Å². The molecule has 4 fully saturated rings. The van der Waals surface area contributed by atoms with E-state index in [2.05, 4.69) is 66.7 Å². The van der Waals surface area contributed by atoms with E-state index in [1.165, 1.54) is 37.7 Å². The lowest BCUT2D eigenvalue weighted by atomic mass is 9.47. The van der Waals surface area contributed by atoms with Crippen molar-refractivity contribution in [2.75, 3.05) is 6.61 Å². The van der Waals surface area contributed by atoms with Crippen molar-refractivity contribution in [1.29, 1.82) is 0 Å². The summed E-state index contributed by atoms with van der Waals surface area (Å²) in [6.07, 6.45) is 11.9. The lowest BCUT2D eigenvalue weighted by Gasteiger charge is -2.58. The highest BCUT2D eigenvalue weighted by Gasteiger charge is 2.59. The Morgan fingerprint density at radius 1 is 1.00 bits per heavy atom. The SMILES string of the molecule is CCC(/C=C/C(C)[C@H]1CCC2C3CC=C4C[C@@H](O[C@@H]5O[C@H](CO)[C@@H](O)[C@H](O)[C@H]5O)CC[C@]4(C)C3CC[C@@]21C)C(C)(C)C. The van der Waals surface area contributed by atoms with E-state index < -0.39 is 37.3 Å². The van der Waals surface area contributed by atoms with Crippen LogP contribution >= 0.6 is 0 Å². The Labute approximate surface area is 255 Å². The second kappa shape index (κ2) is 12.2. The molecule has 1 heterocycles. The molecule has 4 aliphatic carbocycles. The van der Waals surface area contributed by atoms with Crippen LogP contribution in [-0.2, 0) is 9.47 Å². The molecular formula is C36H60O6. The Bertz CT molecular complexity index is 999. The number of aliphatic hydroxyl groups excluding tert-OH is 4. The second-order valence-electron chi connectivity index (χ2n) is 16.3. The van der Waals surface area contributed by atoms with Gasteiger partial charge in [-0.3, -0.25) is 0 Å². The van der Waals surface area contributed by atoms with Crippen molar-refractivity contribution in [3.05, 3.63) is 23.8 Å². The van der Waals surface area contributed by atoms with E-state index in [0.717, 1.165) is 43.4 Å². The number of hydrogen-bond acceptors (Lipinski definition) is 6. The molecule has 0 aromatic rings. The van der Waals surface area contributed by atoms with Crippen LogP contribution in [0.3, 0.4) is 0 Å². The van der Waals surface area contributed by atoms with Crippen LogP contribution in [0.2, 0.25) is 0 Å². The molecule has 0 aromatic heterocycles. The predicted octanol–water partition coefficient (Wildman–Crippen LogP) is 6.02. The van der Waals surface area contributed by atoms with E-state index in [1.807, 2.05) is 0 Å². The summed E-state index contributed by atoms with van der Waals surface area (Å²) in [5.74, 6) is 4.26. The zero-order valence-electron chi connectivity index (χ0n) is 27.3. The molecule has 0 spiro atoms. The summed E-state index contributed by atoms with van der Waals surface area (Å²) in [6, 6.07) is 0. The van der Waals surface area contributed by atoms with Crippen LogP contribution in [0.1, 0.15) is 106 Å². The van der Waals surface area contributed by atoms with Crippen LogP contribution < -0.4 is 0 Å². The van der Waals surface area contributed by atoms with Crippen molar-refractivity contribution < 1.29 is 29.9 Å². The van der Waals surface area contributed by atoms with E-state index in [-0.39, 0.29) is 11.5 Å². The van der Waals surface area contributed by atoms with E-state index in [9.17, 15) is 20.4 Å². The standard InChI is InChI=1S/C36H60O6/c1-8-22(34(3,4)5)10-9-21(2)26-13-14-27-25-12-11-23-19-24(15-17-35(23,6)28(25)16-18-36(26,27)7)41-33-32(40)31(39)30(38)29(20-37)42-33/h9-11,21-22,24-33,37-40H,8,12-20H2,1-7H3/b10-9+/t21?,22?,24-,25?,26+,27?,28?,29+,30+,31-,32+,33+,35-,36+/m0/s1. The molecule has 0 bridgehead atoms. The van der Waals surface area contributed by atoms with Crippen molar-refractivity contribution in [3.63, 3.8) is 0 Å². The van der Waals surface area contributed by atoms with Crippen LogP contribution in [-0.4, -0.2) is 63.8 Å². The highest BCUT2D eigenvalue weighted by Crippen LogP contribution is 2.67. The van der Waals surface area contributed by atoms with Gasteiger partial charge in [0.15, 0.2) is 6.29 Å². The fourth-order valence-corrected chi connectivity index (χ4v) is 10.5. The Balaban J connectivity index is 1.26. The maximum absolute atomic E-state index is 10.5. The molecule has 0 amide bonds. The minimum Gasteiger partial charge on any atom is -0.394 e. The topological polar surface area (TPSA) is 99.4 Å². The minimum absolute atomic E-state index is 0.111. The van der Waals surface area contributed by atoms with Crippen LogP contribution in [0.5, 0.6) is 0 Å². The third-order valence-electron chi connectivity index (χ3n) is 13.1. The first-order chi connectivity index (χ1) is 19.7. The highest BCUT2D eigenvalue weighted by atomic mass is 16.7. The van der Waals surface area contributed by atoms with Crippen molar-refractivity contribution in [2.24, 2.45) is 51.8 Å². The maximum atomic E-state index is 10.5. The fraction of sp³-hybridized carbons (Fsp3) is 0.889. The van der Waals surface area contributed by atoms with Gasteiger partial charge in [0.1, 0.15) is 24.4 Å². The summed E-state index contributed by atoms with van der Waals surface area (Å²) in [5, 5.41) is 40.4. The lowest BCUT2D eigenvalue weighted by Crippen LogP contribution is -2.60. The highest BCUT2D eigenvalue weighted by molar-refractivity contribution is 5.25. The minimum atomic E-state index is -1.40. The largest absolute Gasteiger partial charge is 0.394 e. The zero-order chi connectivity index (χ0) is 30.6. The molecular weight excluding hydrogens is 528 g/mol. The number of fused-ring (bicyclic) bond motifs is 5. The Hall–Kier alpha value is -0.760. The van der Waals surface area contributed by atoms with Gasteiger partial charge >= 0.3 is 0 Å². The summed E-state index contributed by atoms with van der Waals surface area (Å²) in [5.41, 5.74) is 2.40. The molecule has 4 N–H and O–H groups in total. The van der Waals surface area contributed by atoms with Gasteiger partial charge in [0.2, 0.25) is 0 Å². The van der Waals surface area contributed by atoms with Crippen LogP contribution in [0.4, 0.5) is 0 Å². The van der Waals surface area contributed by atoms with Crippen molar-refractivity contribution >= 4 is 0 Å². The molecule has 42 heavy (non-hydrogen) atoms. The molecule has 5 aliphatic rings. The molecule has 1 saturated heterocycles. The Kier molecular flexibility index (Phi) is 9.48. The van der Waals surface area contributed by atoms with E-state index in [4.69, 9.17) is 9.47 Å². The summed E-state index contributed by atoms with van der Waals surface area (Å²) in [7, 11) is 0. The van der Waals surface area contributed by atoms with Crippen LogP contribution in [0.25, 0.3) is 0 Å². The Morgan fingerprint density at radius 2 is 1.74 bits per heavy atom. The van der Waals surface area contributed by atoms with E-state index >= 15 is 0 Å². The number of rotatable bonds is 7. The molecule has 5 unspecified atom stereocenters. The van der Waals surface area contributed by atoms with Crippen LogP contribution in [0.15, 0.2) is 23.8 Å². The molecule has 0 aromatic carbocycles. The molecule has 0 radical (unpaired) electrons. The molecule has 5 rings (SSSR count). The third-order valence-corrected chi connectivity index (χ3v) is 13.1. The molecule has 1 aliphatic heterocycles. The maximum Gasteiger partial charge on any atom is 0.186 e. The first-order valence-electron chi connectivity index (χ1n) is 17.1. The summed E-state index contributed by atoms with van der Waals surface area (Å²) < 4.78 is 11.9. The van der Waals surface area contributed by atoms with E-state index in [0.29, 0.717) is 28.6 Å². The first kappa shape index (κ1) is 32.6. The number of ether oxygens (including phenoxy) is 2. The quantitative estimate of drug-likeness (QED) is 0.272. The number of hydrogen-bond donors (Lipinski definition) is 4. The van der Waals surface area contributed by atoms with Crippen molar-refractivity contribution in [2.45, 2.75) is 143 Å². The van der Waals surface area contributed by atoms with Crippen LogP contribution in [0, 0.1) is 51.8 Å². The molecule has 6 heteroatoms. The van der Waals surface area contributed by atoms with Crippen molar-refractivity contribution in [3.8, 4) is 0 Å². The van der Waals surface area contributed by atoms with Gasteiger partial charge in [-0.2, -0.15) is 0 Å². The third kappa shape index (κ3) is 5.71.